The maximum atomic E-state index is 13.6. The Kier molecular flexibility index (Phi) is 3.86. The van der Waals surface area contributed by atoms with Gasteiger partial charge in [-0.05, 0) is 43.7 Å². The van der Waals surface area contributed by atoms with Crippen molar-refractivity contribution < 1.29 is 9.18 Å². The fourth-order valence-electron chi connectivity index (χ4n) is 1.75. The van der Waals surface area contributed by atoms with E-state index in [9.17, 15) is 9.18 Å². The lowest BCUT2D eigenvalue weighted by Crippen LogP contribution is -2.14. The number of carbonyl (C=O) groups is 1. The summed E-state index contributed by atoms with van der Waals surface area (Å²) >= 11 is 5.97. The van der Waals surface area contributed by atoms with Crippen LogP contribution >= 0.6 is 11.6 Å². The lowest BCUT2D eigenvalue weighted by atomic mass is 10.1. The van der Waals surface area contributed by atoms with Crippen LogP contribution in [0.4, 0.5) is 10.1 Å². The highest BCUT2D eigenvalue weighted by atomic mass is 35.5. The van der Waals surface area contributed by atoms with Gasteiger partial charge in [0.05, 0.1) is 5.56 Å². The van der Waals surface area contributed by atoms with E-state index in [1.807, 2.05) is 0 Å². The molecule has 0 saturated carbocycles. The number of amides is 1. The van der Waals surface area contributed by atoms with E-state index >= 15 is 0 Å². The summed E-state index contributed by atoms with van der Waals surface area (Å²) in [6.45, 7) is 3.60. The summed E-state index contributed by atoms with van der Waals surface area (Å²) < 4.78 is 13.6. The Morgan fingerprint density at radius 1 is 1.21 bits per heavy atom. The van der Waals surface area contributed by atoms with E-state index in [0.29, 0.717) is 10.7 Å². The molecule has 0 unspecified atom stereocenters. The van der Waals surface area contributed by atoms with E-state index < -0.39 is 11.7 Å². The van der Waals surface area contributed by atoms with E-state index in [-0.39, 0.29) is 5.56 Å². The fourth-order valence-corrected chi connectivity index (χ4v) is 1.92. The molecular formula is C15H13ClFNO. The summed E-state index contributed by atoms with van der Waals surface area (Å²) in [5.74, 6) is -1.02. The van der Waals surface area contributed by atoms with E-state index in [2.05, 4.69) is 5.32 Å². The van der Waals surface area contributed by atoms with Crippen LogP contribution in [-0.2, 0) is 0 Å². The maximum absolute atomic E-state index is 13.6. The summed E-state index contributed by atoms with van der Waals surface area (Å²) in [5, 5.41) is 3.23. The van der Waals surface area contributed by atoms with Crippen molar-refractivity contribution in [2.45, 2.75) is 13.8 Å². The second-order valence-electron chi connectivity index (χ2n) is 4.35. The second kappa shape index (κ2) is 5.41. The molecule has 19 heavy (non-hydrogen) atoms. The average molecular weight is 278 g/mol. The van der Waals surface area contributed by atoms with Gasteiger partial charge in [-0.15, -0.1) is 0 Å². The van der Waals surface area contributed by atoms with Gasteiger partial charge in [-0.3, -0.25) is 4.79 Å². The molecule has 0 radical (unpaired) electrons. The Morgan fingerprint density at radius 3 is 2.68 bits per heavy atom. The van der Waals surface area contributed by atoms with Crippen molar-refractivity contribution in [3.63, 3.8) is 0 Å². The third kappa shape index (κ3) is 2.93. The van der Waals surface area contributed by atoms with Crippen molar-refractivity contribution in [2.24, 2.45) is 0 Å². The molecule has 0 bridgehead atoms. The van der Waals surface area contributed by atoms with Gasteiger partial charge in [0.1, 0.15) is 5.82 Å². The number of nitrogens with one attached hydrogen (secondary N) is 1. The van der Waals surface area contributed by atoms with Gasteiger partial charge in [-0.1, -0.05) is 29.3 Å². The van der Waals surface area contributed by atoms with Gasteiger partial charge in [-0.2, -0.15) is 0 Å². The molecule has 4 heteroatoms. The summed E-state index contributed by atoms with van der Waals surface area (Å²) in [7, 11) is 0. The molecule has 0 aliphatic rings. The molecule has 1 amide bonds. The number of aryl methyl sites for hydroxylation is 1. The smallest absolute Gasteiger partial charge is 0.258 e. The quantitative estimate of drug-likeness (QED) is 0.869. The third-order valence-corrected chi connectivity index (χ3v) is 3.29. The molecule has 2 nitrogen and oxygen atoms in total. The van der Waals surface area contributed by atoms with Gasteiger partial charge in [0.15, 0.2) is 0 Å². The van der Waals surface area contributed by atoms with Crippen LogP contribution in [0, 0.1) is 19.7 Å². The molecular weight excluding hydrogens is 265 g/mol. The molecule has 2 aromatic carbocycles. The Morgan fingerprint density at radius 2 is 1.95 bits per heavy atom. The van der Waals surface area contributed by atoms with E-state index in [1.165, 1.54) is 12.1 Å². The fraction of sp³-hybridized carbons (Fsp3) is 0.133. The number of hydrogen-bond donors (Lipinski definition) is 1. The monoisotopic (exact) mass is 277 g/mol. The molecule has 0 heterocycles. The Hall–Kier alpha value is -1.87. The zero-order valence-corrected chi connectivity index (χ0v) is 11.4. The topological polar surface area (TPSA) is 29.1 Å². The number of rotatable bonds is 2. The molecule has 0 aromatic heterocycles. The number of anilines is 1. The predicted molar refractivity (Wildman–Crippen MR) is 75.3 cm³/mol. The molecule has 1 N–H and O–H groups in total. The van der Waals surface area contributed by atoms with E-state index in [0.717, 1.165) is 11.1 Å². The largest absolute Gasteiger partial charge is 0.322 e. The average Bonchev–Trinajstić information content (AvgIpc) is 2.38. The van der Waals surface area contributed by atoms with Gasteiger partial charge in [0.25, 0.3) is 5.91 Å². The number of benzene rings is 2. The van der Waals surface area contributed by atoms with Crippen LogP contribution in [-0.4, -0.2) is 5.91 Å². The predicted octanol–water partition coefficient (Wildman–Crippen LogP) is 4.35. The van der Waals surface area contributed by atoms with Gasteiger partial charge in [0, 0.05) is 10.7 Å². The molecule has 98 valence electrons. The Bertz CT molecular complexity index is 640. The van der Waals surface area contributed by atoms with Crippen LogP contribution in [0.2, 0.25) is 5.02 Å². The molecule has 2 rings (SSSR count). The van der Waals surface area contributed by atoms with Gasteiger partial charge < -0.3 is 5.32 Å². The highest BCUT2D eigenvalue weighted by Crippen LogP contribution is 2.23. The maximum Gasteiger partial charge on any atom is 0.258 e. The molecule has 0 spiro atoms. The molecule has 0 atom stereocenters. The Labute approximate surface area is 116 Å². The van der Waals surface area contributed by atoms with Crippen molar-refractivity contribution in [3.8, 4) is 0 Å². The standard InChI is InChI=1S/C15H13ClFNO/c1-9-6-7-13(17)11(8-9)15(19)18-14-5-3-4-12(16)10(14)2/h3-8H,1-2H3,(H,18,19). The number of hydrogen-bond acceptors (Lipinski definition) is 1. The summed E-state index contributed by atoms with van der Waals surface area (Å²) in [6.07, 6.45) is 0. The van der Waals surface area contributed by atoms with Crippen molar-refractivity contribution in [1.29, 1.82) is 0 Å². The molecule has 0 aliphatic carbocycles. The SMILES string of the molecule is Cc1ccc(F)c(C(=O)Nc2cccc(Cl)c2C)c1. The van der Waals surface area contributed by atoms with Crippen LogP contribution in [0.3, 0.4) is 0 Å². The Balaban J connectivity index is 2.31. The third-order valence-electron chi connectivity index (χ3n) is 2.88. The van der Waals surface area contributed by atoms with E-state index in [4.69, 9.17) is 11.6 Å². The first-order valence-electron chi connectivity index (χ1n) is 5.81. The lowest BCUT2D eigenvalue weighted by Gasteiger charge is -2.10. The molecule has 0 saturated heterocycles. The minimum Gasteiger partial charge on any atom is -0.322 e. The lowest BCUT2D eigenvalue weighted by molar-refractivity contribution is 0.102. The normalized spacial score (nSPS) is 10.3. The molecule has 0 fully saturated rings. The van der Waals surface area contributed by atoms with Crippen LogP contribution in [0.5, 0.6) is 0 Å². The van der Waals surface area contributed by atoms with Crippen LogP contribution in [0.15, 0.2) is 36.4 Å². The highest BCUT2D eigenvalue weighted by molar-refractivity contribution is 6.31. The zero-order chi connectivity index (χ0) is 14.0. The van der Waals surface area contributed by atoms with Crippen molar-refractivity contribution >= 4 is 23.2 Å². The summed E-state index contributed by atoms with van der Waals surface area (Å²) in [4.78, 5) is 12.1. The first-order valence-corrected chi connectivity index (χ1v) is 6.19. The van der Waals surface area contributed by atoms with Crippen LogP contribution < -0.4 is 5.32 Å². The highest BCUT2D eigenvalue weighted by Gasteiger charge is 2.13. The minimum atomic E-state index is -0.539. The summed E-state index contributed by atoms with van der Waals surface area (Å²) in [6, 6.07) is 9.63. The zero-order valence-electron chi connectivity index (χ0n) is 10.6. The molecule has 0 aliphatic heterocycles. The van der Waals surface area contributed by atoms with Gasteiger partial charge in [-0.25, -0.2) is 4.39 Å². The number of halogens is 2. The van der Waals surface area contributed by atoms with Gasteiger partial charge >= 0.3 is 0 Å². The van der Waals surface area contributed by atoms with Crippen molar-refractivity contribution in [3.05, 3.63) is 63.9 Å². The van der Waals surface area contributed by atoms with Gasteiger partial charge in [0.2, 0.25) is 0 Å². The molecule has 2 aromatic rings. The first-order chi connectivity index (χ1) is 8.99. The van der Waals surface area contributed by atoms with Crippen molar-refractivity contribution in [2.75, 3.05) is 5.32 Å². The van der Waals surface area contributed by atoms with E-state index in [1.54, 1.807) is 38.1 Å². The first kappa shape index (κ1) is 13.6. The second-order valence-corrected chi connectivity index (χ2v) is 4.76. The van der Waals surface area contributed by atoms with Crippen LogP contribution in [0.25, 0.3) is 0 Å². The minimum absolute atomic E-state index is 0.0272. The van der Waals surface area contributed by atoms with Crippen molar-refractivity contribution in [1.82, 2.24) is 0 Å². The van der Waals surface area contributed by atoms with Crippen LogP contribution in [0.1, 0.15) is 21.5 Å². The summed E-state index contributed by atoms with van der Waals surface area (Å²) in [5.41, 5.74) is 2.19. The number of carbonyl (C=O) groups excluding carboxylic acids is 1.